The molecule has 0 bridgehead atoms. The Hall–Kier alpha value is -1.16. The number of likely N-dealkylation sites (tertiary alicyclic amines) is 1. The molecular formula is C20H25ClN2S. The molecule has 0 N–H and O–H groups in total. The number of anilines is 2. The van der Waals surface area contributed by atoms with Crippen LogP contribution in [0.3, 0.4) is 0 Å². The normalized spacial score (nSPS) is 23.2. The van der Waals surface area contributed by atoms with Crippen molar-refractivity contribution in [3.8, 4) is 0 Å². The van der Waals surface area contributed by atoms with E-state index in [1.807, 2.05) is 11.8 Å². The largest absolute Gasteiger partial charge is 0.339 e. The predicted molar refractivity (Wildman–Crippen MR) is 106 cm³/mol. The van der Waals surface area contributed by atoms with Crippen molar-refractivity contribution in [2.24, 2.45) is 5.41 Å². The lowest BCUT2D eigenvalue weighted by atomic mass is 9.81. The average molecular weight is 361 g/mol. The van der Waals surface area contributed by atoms with Crippen LogP contribution in [-0.4, -0.2) is 31.6 Å². The monoisotopic (exact) mass is 360 g/mol. The summed E-state index contributed by atoms with van der Waals surface area (Å²) in [4.78, 5) is 7.79. The Labute approximate surface area is 155 Å². The third-order valence-corrected chi connectivity index (χ3v) is 6.17. The van der Waals surface area contributed by atoms with Gasteiger partial charge in [-0.05, 0) is 56.1 Å². The van der Waals surface area contributed by atoms with Crippen molar-refractivity contribution in [3.05, 3.63) is 48.5 Å². The van der Waals surface area contributed by atoms with Gasteiger partial charge in [0.05, 0.1) is 11.4 Å². The van der Waals surface area contributed by atoms with E-state index in [9.17, 15) is 0 Å². The number of hydrogen-bond acceptors (Lipinski definition) is 3. The second kappa shape index (κ2) is 6.99. The molecule has 0 saturated carbocycles. The van der Waals surface area contributed by atoms with E-state index < -0.39 is 0 Å². The van der Waals surface area contributed by atoms with Gasteiger partial charge >= 0.3 is 0 Å². The van der Waals surface area contributed by atoms with E-state index in [1.54, 1.807) is 0 Å². The van der Waals surface area contributed by atoms with E-state index in [2.05, 4.69) is 72.3 Å². The van der Waals surface area contributed by atoms with Gasteiger partial charge in [-0.15, -0.1) is 12.4 Å². The first-order valence-electron chi connectivity index (χ1n) is 8.47. The van der Waals surface area contributed by atoms with Crippen LogP contribution in [-0.2, 0) is 0 Å². The molecule has 1 fully saturated rings. The molecule has 128 valence electrons. The lowest BCUT2D eigenvalue weighted by Gasteiger charge is -2.44. The minimum atomic E-state index is 0. The van der Waals surface area contributed by atoms with Crippen LogP contribution in [0.25, 0.3) is 0 Å². The number of hydrogen-bond donors (Lipinski definition) is 0. The molecule has 0 spiro atoms. The van der Waals surface area contributed by atoms with Gasteiger partial charge in [-0.3, -0.25) is 0 Å². The van der Waals surface area contributed by atoms with Crippen LogP contribution < -0.4 is 4.90 Å². The van der Waals surface area contributed by atoms with Crippen LogP contribution in [0.15, 0.2) is 58.3 Å². The molecule has 0 aliphatic carbocycles. The molecule has 2 heterocycles. The third-order valence-electron chi connectivity index (χ3n) is 5.04. The molecule has 24 heavy (non-hydrogen) atoms. The number of halogens is 1. The van der Waals surface area contributed by atoms with Gasteiger partial charge < -0.3 is 9.80 Å². The molecule has 0 amide bonds. The van der Waals surface area contributed by atoms with Crippen LogP contribution in [0.2, 0.25) is 0 Å². The maximum atomic E-state index is 2.56. The van der Waals surface area contributed by atoms with Crippen LogP contribution in [0, 0.1) is 5.41 Å². The number of nitrogens with zero attached hydrogens (tertiary/aromatic N) is 2. The molecular weight excluding hydrogens is 336 g/mol. The number of rotatable bonds is 2. The van der Waals surface area contributed by atoms with Crippen molar-refractivity contribution in [1.29, 1.82) is 0 Å². The Balaban J connectivity index is 0.00000169. The quantitative estimate of drug-likeness (QED) is 0.703. The second-order valence-corrected chi connectivity index (χ2v) is 8.36. The minimum absolute atomic E-state index is 0. The van der Waals surface area contributed by atoms with Gasteiger partial charge in [0.2, 0.25) is 0 Å². The molecule has 1 saturated heterocycles. The van der Waals surface area contributed by atoms with E-state index >= 15 is 0 Å². The fraction of sp³-hybridized carbons (Fsp3) is 0.400. The van der Waals surface area contributed by atoms with Gasteiger partial charge in [0.15, 0.2) is 0 Å². The van der Waals surface area contributed by atoms with Crippen molar-refractivity contribution >= 4 is 35.5 Å². The number of para-hydroxylation sites is 2. The second-order valence-electron chi connectivity index (χ2n) is 7.28. The summed E-state index contributed by atoms with van der Waals surface area (Å²) in [6, 6.07) is 17.7. The van der Waals surface area contributed by atoms with E-state index in [4.69, 9.17) is 0 Å². The van der Waals surface area contributed by atoms with Gasteiger partial charge in [-0.1, -0.05) is 43.0 Å². The Morgan fingerprint density at radius 3 is 2.17 bits per heavy atom. The molecule has 1 atom stereocenters. The Kier molecular flexibility index (Phi) is 5.14. The Bertz CT molecular complexity index is 675. The van der Waals surface area contributed by atoms with Crippen LogP contribution >= 0.6 is 24.2 Å². The summed E-state index contributed by atoms with van der Waals surface area (Å²) in [5.74, 6) is 0. The number of benzene rings is 2. The summed E-state index contributed by atoms with van der Waals surface area (Å²) in [5, 5.41) is 0. The predicted octanol–water partition coefficient (Wildman–Crippen LogP) is 5.44. The summed E-state index contributed by atoms with van der Waals surface area (Å²) in [5.41, 5.74) is 3.08. The Morgan fingerprint density at radius 1 is 1.00 bits per heavy atom. The molecule has 4 heteroatoms. The average Bonchev–Trinajstić information content (AvgIpc) is 2.54. The van der Waals surface area contributed by atoms with Gasteiger partial charge in [-0.2, -0.15) is 0 Å². The molecule has 1 unspecified atom stereocenters. The van der Waals surface area contributed by atoms with E-state index in [0.29, 0.717) is 5.41 Å². The summed E-state index contributed by atoms with van der Waals surface area (Å²) in [7, 11) is 2.26. The molecule has 2 aromatic carbocycles. The highest BCUT2D eigenvalue weighted by molar-refractivity contribution is 7.99. The zero-order valence-corrected chi connectivity index (χ0v) is 16.0. The topological polar surface area (TPSA) is 6.48 Å². The minimum Gasteiger partial charge on any atom is -0.339 e. The lowest BCUT2D eigenvalue weighted by molar-refractivity contribution is 0.133. The molecule has 0 radical (unpaired) electrons. The van der Waals surface area contributed by atoms with Crippen molar-refractivity contribution in [1.82, 2.24) is 4.90 Å². The van der Waals surface area contributed by atoms with Crippen LogP contribution in [0.5, 0.6) is 0 Å². The highest BCUT2D eigenvalue weighted by Crippen LogP contribution is 2.49. The van der Waals surface area contributed by atoms with Crippen LogP contribution in [0.1, 0.15) is 19.8 Å². The maximum absolute atomic E-state index is 2.56. The van der Waals surface area contributed by atoms with E-state index in [1.165, 1.54) is 47.1 Å². The first kappa shape index (κ1) is 17.7. The molecule has 2 aromatic rings. The van der Waals surface area contributed by atoms with Gasteiger partial charge in [0.1, 0.15) is 0 Å². The fourth-order valence-electron chi connectivity index (χ4n) is 4.05. The number of fused-ring (bicyclic) bond motifs is 2. The first-order valence-corrected chi connectivity index (χ1v) is 9.28. The molecule has 0 aromatic heterocycles. The Morgan fingerprint density at radius 2 is 1.58 bits per heavy atom. The van der Waals surface area contributed by atoms with Crippen molar-refractivity contribution < 1.29 is 0 Å². The molecule has 2 aliphatic heterocycles. The van der Waals surface area contributed by atoms with Crippen molar-refractivity contribution in [3.63, 3.8) is 0 Å². The molecule has 2 nitrogen and oxygen atoms in total. The SMILES string of the molecule is CN1CCCC(C)(CN2c3ccccc3Sc3ccccc32)C1.Cl. The lowest BCUT2D eigenvalue weighted by Crippen LogP contribution is -2.45. The first-order chi connectivity index (χ1) is 11.1. The van der Waals surface area contributed by atoms with Gasteiger partial charge in [0.25, 0.3) is 0 Å². The standard InChI is InChI=1S/C20H24N2S.ClH/c1-20(12-7-13-21(2)14-20)15-22-16-8-3-5-10-18(16)23-19-11-6-4-9-17(19)22;/h3-6,8-11H,7,12-15H2,1-2H3;1H. The highest BCUT2D eigenvalue weighted by atomic mass is 35.5. The van der Waals surface area contributed by atoms with E-state index in [0.717, 1.165) is 6.54 Å². The van der Waals surface area contributed by atoms with Crippen LogP contribution in [0.4, 0.5) is 11.4 Å². The summed E-state index contributed by atoms with van der Waals surface area (Å²) >= 11 is 1.90. The van der Waals surface area contributed by atoms with Gasteiger partial charge in [0, 0.05) is 22.9 Å². The maximum Gasteiger partial charge on any atom is 0.0553 e. The zero-order chi connectivity index (χ0) is 15.9. The molecule has 4 rings (SSSR count). The highest BCUT2D eigenvalue weighted by Gasteiger charge is 2.34. The van der Waals surface area contributed by atoms with Gasteiger partial charge in [-0.25, -0.2) is 0 Å². The van der Waals surface area contributed by atoms with E-state index in [-0.39, 0.29) is 12.4 Å². The summed E-state index contributed by atoms with van der Waals surface area (Å²) in [6.45, 7) is 5.96. The fourth-order valence-corrected chi connectivity index (χ4v) is 5.14. The molecule has 2 aliphatic rings. The zero-order valence-electron chi connectivity index (χ0n) is 14.4. The third kappa shape index (κ3) is 3.30. The van der Waals surface area contributed by atoms with Crippen molar-refractivity contribution in [2.45, 2.75) is 29.6 Å². The smallest absolute Gasteiger partial charge is 0.0553 e. The summed E-state index contributed by atoms with van der Waals surface area (Å²) < 4.78 is 0. The summed E-state index contributed by atoms with van der Waals surface area (Å²) in [6.07, 6.45) is 2.62. The van der Waals surface area contributed by atoms with Crippen molar-refractivity contribution in [2.75, 3.05) is 31.6 Å². The number of piperidine rings is 1.